The minimum atomic E-state index is -3.42. The molecule has 0 radical (unpaired) electrons. The van der Waals surface area contributed by atoms with Crippen LogP contribution in [0, 0.1) is 5.41 Å². The van der Waals surface area contributed by atoms with E-state index in [9.17, 15) is 23.4 Å². The van der Waals surface area contributed by atoms with Crippen molar-refractivity contribution >= 4 is 42.8 Å². The lowest BCUT2D eigenvalue weighted by atomic mass is 10.1. The number of benzene rings is 2. The Hall–Kier alpha value is -2.91. The van der Waals surface area contributed by atoms with Crippen molar-refractivity contribution in [3.8, 4) is 17.2 Å². The lowest BCUT2D eigenvalue weighted by Gasteiger charge is -2.08. The van der Waals surface area contributed by atoms with E-state index in [1.807, 2.05) is 11.4 Å². The molecule has 3 aromatic rings. The Morgan fingerprint density at radius 3 is 2.59 bits per heavy atom. The second kappa shape index (κ2) is 8.22. The smallest absolute Gasteiger partial charge is 0.181 e. The zero-order valence-electron chi connectivity index (χ0n) is 15.5. The molecule has 29 heavy (non-hydrogen) atoms. The molecule has 9 heteroatoms. The van der Waals surface area contributed by atoms with Crippen LogP contribution >= 0.6 is 11.3 Å². The first kappa shape index (κ1) is 20.8. The summed E-state index contributed by atoms with van der Waals surface area (Å²) in [6, 6.07) is 9.64. The van der Waals surface area contributed by atoms with E-state index in [1.165, 1.54) is 23.5 Å². The number of ketones is 1. The van der Waals surface area contributed by atoms with E-state index in [0.29, 0.717) is 11.3 Å². The molecule has 0 aliphatic heterocycles. The third-order valence-electron chi connectivity index (χ3n) is 4.18. The van der Waals surface area contributed by atoms with Crippen LogP contribution in [0.1, 0.15) is 11.1 Å². The van der Waals surface area contributed by atoms with Gasteiger partial charge in [0, 0.05) is 29.0 Å². The third-order valence-corrected chi connectivity index (χ3v) is 5.99. The molecule has 1 heterocycles. The van der Waals surface area contributed by atoms with Crippen molar-refractivity contribution in [2.75, 3.05) is 12.0 Å². The second-order valence-electron chi connectivity index (χ2n) is 6.67. The monoisotopic (exact) mass is 433 g/mol. The number of phenolic OH excluding ortho intramolecular Hbond substituents is 2. The summed E-state index contributed by atoms with van der Waals surface area (Å²) in [4.78, 5) is 12.2. The summed E-state index contributed by atoms with van der Waals surface area (Å²) in [5.74, 6) is -0.582. The number of hydrogen-bond acceptors (Lipinski definition) is 8. The molecule has 0 bridgehead atoms. The van der Waals surface area contributed by atoms with E-state index in [2.05, 4.69) is 0 Å². The SMILES string of the molecule is CS(=O)(=O)CC(=N)C(=O)Cc1csc2cc(OCc3ccc(O)cc3O)ccc12. The van der Waals surface area contributed by atoms with E-state index >= 15 is 0 Å². The highest BCUT2D eigenvalue weighted by Crippen LogP contribution is 2.31. The quantitative estimate of drug-likeness (QED) is 0.469. The van der Waals surface area contributed by atoms with Gasteiger partial charge in [-0.05, 0) is 46.7 Å². The summed E-state index contributed by atoms with van der Waals surface area (Å²) in [6.45, 7) is 0.122. The van der Waals surface area contributed by atoms with Gasteiger partial charge >= 0.3 is 0 Å². The molecular formula is C20H19NO6S2. The Balaban J connectivity index is 1.71. The topological polar surface area (TPSA) is 125 Å². The fourth-order valence-corrected chi connectivity index (χ4v) is 4.42. The van der Waals surface area contributed by atoms with Gasteiger partial charge < -0.3 is 20.4 Å². The van der Waals surface area contributed by atoms with Crippen LogP contribution in [0.25, 0.3) is 10.1 Å². The molecule has 3 rings (SSSR count). The fraction of sp³-hybridized carbons (Fsp3) is 0.200. The van der Waals surface area contributed by atoms with Crippen LogP contribution in [0.5, 0.6) is 17.2 Å². The lowest BCUT2D eigenvalue weighted by molar-refractivity contribution is -0.112. The zero-order valence-corrected chi connectivity index (χ0v) is 17.1. The summed E-state index contributed by atoms with van der Waals surface area (Å²) in [7, 11) is -3.42. The number of thiophene rings is 1. The molecule has 7 nitrogen and oxygen atoms in total. The van der Waals surface area contributed by atoms with E-state index < -0.39 is 27.1 Å². The van der Waals surface area contributed by atoms with Crippen LogP contribution < -0.4 is 4.74 Å². The van der Waals surface area contributed by atoms with E-state index in [1.54, 1.807) is 18.2 Å². The predicted molar refractivity (Wildman–Crippen MR) is 112 cm³/mol. The fourth-order valence-electron chi connectivity index (χ4n) is 2.75. The van der Waals surface area contributed by atoms with Crippen molar-refractivity contribution in [3.63, 3.8) is 0 Å². The Morgan fingerprint density at radius 2 is 1.90 bits per heavy atom. The van der Waals surface area contributed by atoms with Gasteiger partial charge in [0.1, 0.15) is 23.9 Å². The minimum absolute atomic E-state index is 0.0297. The number of nitrogens with one attached hydrogen (secondary N) is 1. The summed E-state index contributed by atoms with van der Waals surface area (Å²) in [5, 5.41) is 29.5. The van der Waals surface area contributed by atoms with Crippen LogP contribution in [-0.4, -0.2) is 42.1 Å². The van der Waals surface area contributed by atoms with Gasteiger partial charge in [0.15, 0.2) is 15.6 Å². The van der Waals surface area contributed by atoms with Gasteiger partial charge in [0.05, 0.1) is 11.5 Å². The largest absolute Gasteiger partial charge is 0.508 e. The molecule has 0 fully saturated rings. The van der Waals surface area contributed by atoms with Crippen molar-refractivity contribution < 1.29 is 28.2 Å². The van der Waals surface area contributed by atoms with Crippen molar-refractivity contribution in [2.45, 2.75) is 13.0 Å². The van der Waals surface area contributed by atoms with Gasteiger partial charge in [-0.2, -0.15) is 0 Å². The molecule has 0 spiro atoms. The summed E-state index contributed by atoms with van der Waals surface area (Å²) in [5.41, 5.74) is 0.848. The average Bonchev–Trinajstić information content (AvgIpc) is 3.01. The number of Topliss-reactive ketones (excluding diaryl/α,β-unsaturated/α-hetero) is 1. The van der Waals surface area contributed by atoms with Gasteiger partial charge in [-0.1, -0.05) is 0 Å². The van der Waals surface area contributed by atoms with Crippen LogP contribution in [0.2, 0.25) is 0 Å². The molecule has 0 saturated carbocycles. The standard InChI is InChI=1S/C20H19NO6S2/c1-29(25,26)11-17(21)19(24)6-13-10-28-20-8-15(4-5-16(13)20)27-9-12-2-3-14(22)7-18(12)23/h2-5,7-8,10,21-23H,6,9,11H2,1H3. The Kier molecular flexibility index (Phi) is 5.90. The van der Waals surface area contributed by atoms with Gasteiger partial charge in [0.25, 0.3) is 0 Å². The molecule has 2 aromatic carbocycles. The zero-order chi connectivity index (χ0) is 21.2. The minimum Gasteiger partial charge on any atom is -0.508 e. The van der Waals surface area contributed by atoms with Crippen molar-refractivity contribution in [1.29, 1.82) is 5.41 Å². The van der Waals surface area contributed by atoms with Crippen LogP contribution in [0.15, 0.2) is 41.8 Å². The molecule has 152 valence electrons. The summed E-state index contributed by atoms with van der Waals surface area (Å²) >= 11 is 1.42. The first-order valence-electron chi connectivity index (χ1n) is 8.54. The number of fused-ring (bicyclic) bond motifs is 1. The lowest BCUT2D eigenvalue weighted by Crippen LogP contribution is -2.23. The maximum Gasteiger partial charge on any atom is 0.181 e. The number of rotatable bonds is 8. The molecule has 0 atom stereocenters. The first-order valence-corrected chi connectivity index (χ1v) is 11.5. The number of ether oxygens (including phenoxy) is 1. The molecule has 0 aliphatic carbocycles. The number of carbonyl (C=O) groups is 1. The highest BCUT2D eigenvalue weighted by atomic mass is 32.2. The van der Waals surface area contributed by atoms with E-state index in [-0.39, 0.29) is 24.5 Å². The maximum atomic E-state index is 12.2. The van der Waals surface area contributed by atoms with Gasteiger partial charge in [0.2, 0.25) is 0 Å². The number of hydrogen-bond donors (Lipinski definition) is 3. The Labute approximate surface area is 171 Å². The molecule has 0 saturated heterocycles. The number of phenols is 2. The number of carbonyl (C=O) groups excluding carboxylic acids is 1. The Morgan fingerprint density at radius 1 is 1.14 bits per heavy atom. The van der Waals surface area contributed by atoms with Gasteiger partial charge in [-0.25, -0.2) is 8.42 Å². The van der Waals surface area contributed by atoms with Crippen LogP contribution in [0.3, 0.4) is 0 Å². The van der Waals surface area contributed by atoms with E-state index in [4.69, 9.17) is 10.1 Å². The molecule has 3 N–H and O–H groups in total. The van der Waals surface area contributed by atoms with E-state index in [0.717, 1.165) is 21.9 Å². The van der Waals surface area contributed by atoms with Crippen molar-refractivity contribution in [2.24, 2.45) is 0 Å². The normalized spacial score (nSPS) is 11.5. The molecular weight excluding hydrogens is 414 g/mol. The van der Waals surface area contributed by atoms with Gasteiger partial charge in [-0.3, -0.25) is 4.79 Å². The number of aromatic hydroxyl groups is 2. The van der Waals surface area contributed by atoms with Crippen LogP contribution in [0.4, 0.5) is 0 Å². The molecule has 0 amide bonds. The summed E-state index contributed by atoms with van der Waals surface area (Å²) < 4.78 is 29.1. The van der Waals surface area contributed by atoms with Crippen molar-refractivity contribution in [3.05, 3.63) is 52.9 Å². The molecule has 0 aliphatic rings. The predicted octanol–water partition coefficient (Wildman–Crippen LogP) is 3.07. The van der Waals surface area contributed by atoms with Gasteiger partial charge in [-0.15, -0.1) is 11.3 Å². The highest BCUT2D eigenvalue weighted by molar-refractivity contribution is 7.91. The average molecular weight is 434 g/mol. The Bertz CT molecular complexity index is 1200. The maximum absolute atomic E-state index is 12.2. The third kappa shape index (κ3) is 5.33. The van der Waals surface area contributed by atoms with Crippen molar-refractivity contribution in [1.82, 2.24) is 0 Å². The summed E-state index contributed by atoms with van der Waals surface area (Å²) in [6.07, 6.45) is 0.962. The van der Waals surface area contributed by atoms with Crippen LogP contribution in [-0.2, 0) is 27.7 Å². The first-order chi connectivity index (χ1) is 13.6. The molecule has 1 aromatic heterocycles. The number of sulfone groups is 1. The molecule has 0 unspecified atom stereocenters. The second-order valence-corrected chi connectivity index (χ2v) is 9.72. The highest BCUT2D eigenvalue weighted by Gasteiger charge is 2.17.